The second kappa shape index (κ2) is 10.2. The summed E-state index contributed by atoms with van der Waals surface area (Å²) in [6, 6.07) is -1.43. The van der Waals surface area contributed by atoms with Crippen molar-refractivity contribution in [3.05, 3.63) is 0 Å². The number of ketones is 1. The van der Waals surface area contributed by atoms with Crippen LogP contribution in [0.2, 0.25) is 0 Å². The second-order valence-corrected chi connectivity index (χ2v) is 6.10. The highest BCUT2D eigenvalue weighted by Crippen LogP contribution is 2.08. The molecule has 1 amide bonds. The topological polar surface area (TPSA) is 121 Å². The number of carboxylic acids is 2. The van der Waals surface area contributed by atoms with E-state index in [9.17, 15) is 19.2 Å². The third kappa shape index (κ3) is 10.8. The van der Waals surface area contributed by atoms with Gasteiger partial charge < -0.3 is 15.5 Å². The first-order valence-corrected chi connectivity index (χ1v) is 7.71. The van der Waals surface area contributed by atoms with Crippen molar-refractivity contribution in [3.63, 3.8) is 0 Å². The molecule has 0 aromatic heterocycles. The average molecular weight is 319 g/mol. The number of aliphatic carboxylic acids is 2. The molecule has 7 nitrogen and oxygen atoms in total. The fraction of sp³-hybridized carbons (Fsp3) is 0.692. The van der Waals surface area contributed by atoms with Gasteiger partial charge in [-0.2, -0.15) is 11.8 Å². The van der Waals surface area contributed by atoms with Gasteiger partial charge in [0, 0.05) is 18.6 Å². The molecule has 0 saturated carbocycles. The molecule has 0 saturated heterocycles. The van der Waals surface area contributed by atoms with E-state index < -0.39 is 30.3 Å². The van der Waals surface area contributed by atoms with Crippen LogP contribution in [0.15, 0.2) is 0 Å². The molecule has 0 aliphatic carbocycles. The Kier molecular flexibility index (Phi) is 9.44. The first-order chi connectivity index (χ1) is 9.72. The smallest absolute Gasteiger partial charge is 0.326 e. The molecule has 0 spiro atoms. The maximum atomic E-state index is 11.5. The summed E-state index contributed by atoms with van der Waals surface area (Å²) in [5.41, 5.74) is 0. The lowest BCUT2D eigenvalue weighted by Gasteiger charge is -2.12. The molecule has 0 rings (SSSR count). The van der Waals surface area contributed by atoms with E-state index in [-0.39, 0.29) is 12.2 Å². The van der Waals surface area contributed by atoms with Crippen molar-refractivity contribution in [2.45, 2.75) is 39.2 Å². The van der Waals surface area contributed by atoms with E-state index in [0.29, 0.717) is 23.8 Å². The zero-order chi connectivity index (χ0) is 16.4. The first-order valence-electron chi connectivity index (χ1n) is 6.55. The fourth-order valence-electron chi connectivity index (χ4n) is 1.51. The first kappa shape index (κ1) is 19.4. The van der Waals surface area contributed by atoms with Crippen LogP contribution in [0.3, 0.4) is 0 Å². The van der Waals surface area contributed by atoms with E-state index in [1.807, 2.05) is 13.8 Å². The summed E-state index contributed by atoms with van der Waals surface area (Å²) in [7, 11) is 0. The van der Waals surface area contributed by atoms with E-state index in [1.54, 1.807) is 0 Å². The number of thioether (sulfide) groups is 1. The van der Waals surface area contributed by atoms with Gasteiger partial charge in [0.05, 0.1) is 12.2 Å². The predicted octanol–water partition coefficient (Wildman–Crippen LogP) is 0.769. The maximum absolute atomic E-state index is 11.5. The predicted molar refractivity (Wildman–Crippen MR) is 78.2 cm³/mol. The Labute approximate surface area is 127 Å². The average Bonchev–Trinajstić information content (AvgIpc) is 2.32. The minimum Gasteiger partial charge on any atom is -0.481 e. The summed E-state index contributed by atoms with van der Waals surface area (Å²) in [5.74, 6) is -2.09. The number of amides is 1. The van der Waals surface area contributed by atoms with E-state index in [2.05, 4.69) is 5.32 Å². The van der Waals surface area contributed by atoms with Crippen molar-refractivity contribution < 1.29 is 29.4 Å². The van der Waals surface area contributed by atoms with E-state index >= 15 is 0 Å². The lowest BCUT2D eigenvalue weighted by atomic mass is 10.1. The summed E-state index contributed by atoms with van der Waals surface area (Å²) in [4.78, 5) is 44.1. The Hall–Kier alpha value is -1.57. The van der Waals surface area contributed by atoms with E-state index in [0.717, 1.165) is 0 Å². The SMILES string of the molecule is CC(C)CC(=O)CSCCC(=O)NC(CC(=O)O)C(=O)O. The molecule has 0 radical (unpaired) electrons. The van der Waals surface area contributed by atoms with Gasteiger partial charge in [-0.3, -0.25) is 14.4 Å². The molecule has 0 bridgehead atoms. The third-order valence-corrected chi connectivity index (χ3v) is 3.40. The van der Waals surface area contributed by atoms with Crippen molar-refractivity contribution >= 4 is 35.4 Å². The van der Waals surface area contributed by atoms with E-state index in [4.69, 9.17) is 10.2 Å². The molecule has 0 aliphatic rings. The summed E-state index contributed by atoms with van der Waals surface area (Å²) in [6.45, 7) is 3.90. The molecule has 0 aromatic rings. The van der Waals surface area contributed by atoms with Gasteiger partial charge in [0.2, 0.25) is 5.91 Å². The summed E-state index contributed by atoms with van der Waals surface area (Å²) >= 11 is 1.31. The van der Waals surface area contributed by atoms with Gasteiger partial charge in [-0.05, 0) is 5.92 Å². The van der Waals surface area contributed by atoms with Gasteiger partial charge in [0.1, 0.15) is 11.8 Å². The third-order valence-electron chi connectivity index (χ3n) is 2.38. The van der Waals surface area contributed by atoms with Crippen LogP contribution in [0.4, 0.5) is 0 Å². The van der Waals surface area contributed by atoms with Crippen LogP contribution in [0.5, 0.6) is 0 Å². The summed E-state index contributed by atoms with van der Waals surface area (Å²) in [5, 5.41) is 19.5. The highest BCUT2D eigenvalue weighted by Gasteiger charge is 2.22. The van der Waals surface area contributed by atoms with Gasteiger partial charge in [-0.1, -0.05) is 13.8 Å². The zero-order valence-corrected chi connectivity index (χ0v) is 12.9. The van der Waals surface area contributed by atoms with Crippen LogP contribution in [0.25, 0.3) is 0 Å². The summed E-state index contributed by atoms with van der Waals surface area (Å²) in [6.07, 6.45) is -0.122. The van der Waals surface area contributed by atoms with Crippen LogP contribution in [-0.4, -0.2) is 51.4 Å². The molecular weight excluding hydrogens is 298 g/mol. The van der Waals surface area contributed by atoms with Crippen molar-refractivity contribution in [2.75, 3.05) is 11.5 Å². The number of carboxylic acid groups (broad SMARTS) is 2. The number of carbonyl (C=O) groups is 4. The second-order valence-electron chi connectivity index (χ2n) is 5.00. The Morgan fingerprint density at radius 3 is 2.19 bits per heavy atom. The quantitative estimate of drug-likeness (QED) is 0.481. The Bertz CT molecular complexity index is 396. The molecule has 0 fully saturated rings. The molecule has 0 heterocycles. The van der Waals surface area contributed by atoms with Crippen LogP contribution >= 0.6 is 11.8 Å². The Morgan fingerprint density at radius 2 is 1.71 bits per heavy atom. The number of Topliss-reactive ketones (excluding diaryl/α,β-unsaturated/α-hetero) is 1. The van der Waals surface area contributed by atoms with Crippen LogP contribution in [-0.2, 0) is 19.2 Å². The van der Waals surface area contributed by atoms with Gasteiger partial charge in [-0.25, -0.2) is 4.79 Å². The number of nitrogens with one attached hydrogen (secondary N) is 1. The van der Waals surface area contributed by atoms with Crippen LogP contribution in [0, 0.1) is 5.92 Å². The fourth-order valence-corrected chi connectivity index (χ4v) is 2.33. The number of hydrogen-bond donors (Lipinski definition) is 3. The van der Waals surface area contributed by atoms with Gasteiger partial charge in [0.15, 0.2) is 0 Å². The molecule has 0 aliphatic heterocycles. The number of hydrogen-bond acceptors (Lipinski definition) is 5. The highest BCUT2D eigenvalue weighted by atomic mass is 32.2. The maximum Gasteiger partial charge on any atom is 0.326 e. The Balaban J connectivity index is 3.95. The monoisotopic (exact) mass is 319 g/mol. The molecule has 1 unspecified atom stereocenters. The van der Waals surface area contributed by atoms with Crippen molar-refractivity contribution in [1.82, 2.24) is 5.32 Å². The van der Waals surface area contributed by atoms with Crippen LogP contribution in [0.1, 0.15) is 33.1 Å². The van der Waals surface area contributed by atoms with Gasteiger partial charge >= 0.3 is 11.9 Å². The molecule has 120 valence electrons. The molecule has 8 heteroatoms. The van der Waals surface area contributed by atoms with Crippen molar-refractivity contribution in [3.8, 4) is 0 Å². The van der Waals surface area contributed by atoms with Crippen molar-refractivity contribution in [1.29, 1.82) is 0 Å². The molecule has 21 heavy (non-hydrogen) atoms. The molecule has 0 aromatic carbocycles. The lowest BCUT2D eigenvalue weighted by molar-refractivity contribution is -0.147. The lowest BCUT2D eigenvalue weighted by Crippen LogP contribution is -2.42. The number of rotatable bonds is 11. The normalized spacial score (nSPS) is 12.0. The zero-order valence-electron chi connectivity index (χ0n) is 12.1. The molecule has 3 N–H and O–H groups in total. The van der Waals surface area contributed by atoms with Gasteiger partial charge in [0.25, 0.3) is 0 Å². The minimum atomic E-state index is -1.43. The highest BCUT2D eigenvalue weighted by molar-refractivity contribution is 7.99. The Morgan fingerprint density at radius 1 is 1.10 bits per heavy atom. The molecular formula is C13H21NO6S. The largest absolute Gasteiger partial charge is 0.481 e. The standard InChI is InChI=1S/C13H21NO6S/c1-8(2)5-9(15)7-21-4-3-11(16)14-10(13(19)20)6-12(17)18/h8,10H,3-7H2,1-2H3,(H,14,16)(H,17,18)(H,19,20). The number of carbonyl (C=O) groups excluding carboxylic acids is 2. The summed E-state index contributed by atoms with van der Waals surface area (Å²) < 4.78 is 0. The minimum absolute atomic E-state index is 0.0447. The molecule has 1 atom stereocenters. The van der Waals surface area contributed by atoms with E-state index in [1.165, 1.54) is 11.8 Å². The van der Waals surface area contributed by atoms with Crippen molar-refractivity contribution in [2.24, 2.45) is 5.92 Å². The van der Waals surface area contributed by atoms with Crippen LogP contribution < -0.4 is 5.32 Å². The van der Waals surface area contributed by atoms with Gasteiger partial charge in [-0.15, -0.1) is 0 Å².